The number of urea groups is 1. The van der Waals surface area contributed by atoms with Crippen LogP contribution >= 0.6 is 0 Å². The summed E-state index contributed by atoms with van der Waals surface area (Å²) in [4.78, 5) is 33.9. The van der Waals surface area contributed by atoms with Crippen LogP contribution in [0.3, 0.4) is 0 Å². The Balaban J connectivity index is 2.93. The van der Waals surface area contributed by atoms with Crippen LogP contribution in [-0.2, 0) is 4.79 Å². The molecular formula is C12H15N3O5. The quantitative estimate of drug-likeness (QED) is 0.631. The van der Waals surface area contributed by atoms with Crippen molar-refractivity contribution in [3.05, 3.63) is 33.9 Å². The Morgan fingerprint density at radius 3 is 2.60 bits per heavy atom. The maximum absolute atomic E-state index is 11.9. The van der Waals surface area contributed by atoms with Crippen molar-refractivity contribution in [3.63, 3.8) is 0 Å². The zero-order valence-electron chi connectivity index (χ0n) is 11.1. The first-order valence-corrected chi connectivity index (χ1v) is 5.88. The molecule has 0 spiro atoms. The van der Waals surface area contributed by atoms with Gasteiger partial charge in [0, 0.05) is 12.6 Å². The second-order valence-corrected chi connectivity index (χ2v) is 4.04. The summed E-state index contributed by atoms with van der Waals surface area (Å²) >= 11 is 0. The van der Waals surface area contributed by atoms with E-state index in [4.69, 9.17) is 5.11 Å². The van der Waals surface area contributed by atoms with Crippen LogP contribution in [0.15, 0.2) is 18.2 Å². The number of carbonyl (C=O) groups is 2. The van der Waals surface area contributed by atoms with Gasteiger partial charge >= 0.3 is 12.0 Å². The summed E-state index contributed by atoms with van der Waals surface area (Å²) in [7, 11) is 0. The first-order chi connectivity index (χ1) is 9.36. The number of hydrogen-bond donors (Lipinski definition) is 2. The lowest BCUT2D eigenvalue weighted by Gasteiger charge is -2.19. The van der Waals surface area contributed by atoms with Crippen LogP contribution in [0.4, 0.5) is 16.2 Å². The minimum absolute atomic E-state index is 0.107. The average Bonchev–Trinajstić information content (AvgIpc) is 2.37. The molecule has 0 saturated carbocycles. The molecule has 0 radical (unpaired) electrons. The molecule has 2 amide bonds. The highest BCUT2D eigenvalue weighted by Crippen LogP contribution is 2.25. The predicted molar refractivity (Wildman–Crippen MR) is 71.7 cm³/mol. The number of amides is 2. The molecule has 8 nitrogen and oxygen atoms in total. The Morgan fingerprint density at radius 1 is 1.45 bits per heavy atom. The molecule has 0 aromatic heterocycles. The molecule has 0 aliphatic rings. The minimum atomic E-state index is -1.13. The van der Waals surface area contributed by atoms with Gasteiger partial charge in [-0.3, -0.25) is 14.9 Å². The largest absolute Gasteiger partial charge is 0.480 e. The van der Waals surface area contributed by atoms with Gasteiger partial charge in [0.05, 0.1) is 16.2 Å². The van der Waals surface area contributed by atoms with Crippen LogP contribution in [0.25, 0.3) is 0 Å². The molecule has 2 N–H and O–H groups in total. The van der Waals surface area contributed by atoms with Gasteiger partial charge in [-0.25, -0.2) is 4.79 Å². The summed E-state index contributed by atoms with van der Waals surface area (Å²) in [6.45, 7) is 2.94. The van der Waals surface area contributed by atoms with Crippen molar-refractivity contribution in [2.75, 3.05) is 18.4 Å². The molecule has 1 aromatic rings. The number of carboxylic acids is 1. The molecule has 0 heterocycles. The summed E-state index contributed by atoms with van der Waals surface area (Å²) in [6.07, 6.45) is 0. The number of benzene rings is 1. The van der Waals surface area contributed by atoms with Gasteiger partial charge in [0.2, 0.25) is 0 Å². The molecule has 20 heavy (non-hydrogen) atoms. The van der Waals surface area contributed by atoms with E-state index in [2.05, 4.69) is 5.32 Å². The molecule has 8 heteroatoms. The summed E-state index contributed by atoms with van der Waals surface area (Å²) in [5.41, 5.74) is 0.495. The van der Waals surface area contributed by atoms with Crippen LogP contribution in [0.1, 0.15) is 12.5 Å². The van der Waals surface area contributed by atoms with Crippen LogP contribution in [0.2, 0.25) is 0 Å². The number of nitrogens with one attached hydrogen (secondary N) is 1. The van der Waals surface area contributed by atoms with E-state index in [1.54, 1.807) is 6.92 Å². The fourth-order valence-corrected chi connectivity index (χ4v) is 1.64. The minimum Gasteiger partial charge on any atom is -0.480 e. The molecule has 1 rings (SSSR count). The van der Waals surface area contributed by atoms with Gasteiger partial charge in [0.1, 0.15) is 6.54 Å². The van der Waals surface area contributed by atoms with E-state index >= 15 is 0 Å². The second kappa shape index (κ2) is 6.50. The van der Waals surface area contributed by atoms with Crippen molar-refractivity contribution in [1.29, 1.82) is 0 Å². The Labute approximate surface area is 115 Å². The van der Waals surface area contributed by atoms with E-state index in [9.17, 15) is 19.7 Å². The molecular weight excluding hydrogens is 266 g/mol. The van der Waals surface area contributed by atoms with Gasteiger partial charge in [-0.15, -0.1) is 0 Å². The molecule has 0 atom stereocenters. The third kappa shape index (κ3) is 3.67. The van der Waals surface area contributed by atoms with Gasteiger partial charge in [-0.2, -0.15) is 0 Å². The average molecular weight is 281 g/mol. The van der Waals surface area contributed by atoms with E-state index in [1.807, 2.05) is 0 Å². The SMILES string of the molecule is CCN(CC(=O)O)C(=O)Nc1cccc([N+](=O)[O-])c1C. The molecule has 108 valence electrons. The Morgan fingerprint density at radius 2 is 2.10 bits per heavy atom. The smallest absolute Gasteiger partial charge is 0.323 e. The number of hydrogen-bond acceptors (Lipinski definition) is 4. The molecule has 0 fully saturated rings. The summed E-state index contributed by atoms with van der Waals surface area (Å²) < 4.78 is 0. The zero-order valence-corrected chi connectivity index (χ0v) is 11.1. The number of nitro groups is 1. The third-order valence-electron chi connectivity index (χ3n) is 2.74. The zero-order chi connectivity index (χ0) is 15.3. The van der Waals surface area contributed by atoms with Gasteiger partial charge < -0.3 is 15.3 Å². The maximum Gasteiger partial charge on any atom is 0.323 e. The fraction of sp³-hybridized carbons (Fsp3) is 0.333. The van der Waals surface area contributed by atoms with Crippen molar-refractivity contribution in [3.8, 4) is 0 Å². The monoisotopic (exact) mass is 281 g/mol. The second-order valence-electron chi connectivity index (χ2n) is 4.04. The van der Waals surface area contributed by atoms with Crippen molar-refractivity contribution in [2.45, 2.75) is 13.8 Å². The maximum atomic E-state index is 11.9. The van der Waals surface area contributed by atoms with Gasteiger partial charge in [-0.05, 0) is 19.9 Å². The highest BCUT2D eigenvalue weighted by atomic mass is 16.6. The summed E-state index contributed by atoms with van der Waals surface area (Å²) in [5, 5.41) is 22.0. The van der Waals surface area contributed by atoms with Gasteiger partial charge in [0.15, 0.2) is 0 Å². The van der Waals surface area contributed by atoms with E-state index in [0.29, 0.717) is 5.56 Å². The van der Waals surface area contributed by atoms with E-state index in [-0.39, 0.29) is 17.9 Å². The van der Waals surface area contributed by atoms with Crippen LogP contribution < -0.4 is 5.32 Å². The lowest BCUT2D eigenvalue weighted by atomic mass is 10.1. The normalized spacial score (nSPS) is 9.90. The van der Waals surface area contributed by atoms with Gasteiger partial charge in [0.25, 0.3) is 5.69 Å². The Bertz CT molecular complexity index is 544. The van der Waals surface area contributed by atoms with E-state index < -0.39 is 23.5 Å². The standard InChI is InChI=1S/C12H15N3O5/c1-3-14(7-11(16)17)12(18)13-9-5-4-6-10(8(9)2)15(19)20/h4-6H,3,7H2,1-2H3,(H,13,18)(H,16,17). The van der Waals surface area contributed by atoms with Crippen molar-refractivity contribution in [2.24, 2.45) is 0 Å². The Hall–Kier alpha value is -2.64. The predicted octanol–water partition coefficient (Wildman–Crippen LogP) is 1.84. The fourth-order valence-electron chi connectivity index (χ4n) is 1.64. The molecule has 0 bridgehead atoms. The lowest BCUT2D eigenvalue weighted by molar-refractivity contribution is -0.385. The Kier molecular flexibility index (Phi) is 5.01. The topological polar surface area (TPSA) is 113 Å². The molecule has 1 aromatic carbocycles. The van der Waals surface area contributed by atoms with Crippen molar-refractivity contribution < 1.29 is 19.6 Å². The number of nitro benzene ring substituents is 1. The lowest BCUT2D eigenvalue weighted by Crippen LogP contribution is -2.38. The van der Waals surface area contributed by atoms with Crippen LogP contribution in [0, 0.1) is 17.0 Å². The number of carboxylic acid groups (broad SMARTS) is 1. The third-order valence-corrected chi connectivity index (χ3v) is 2.74. The van der Waals surface area contributed by atoms with Crippen LogP contribution in [-0.4, -0.2) is 40.0 Å². The van der Waals surface area contributed by atoms with Gasteiger partial charge in [-0.1, -0.05) is 6.07 Å². The highest BCUT2D eigenvalue weighted by molar-refractivity contribution is 5.92. The van der Waals surface area contributed by atoms with Crippen LogP contribution in [0.5, 0.6) is 0 Å². The molecule has 0 aliphatic carbocycles. The molecule has 0 aliphatic heterocycles. The number of carbonyl (C=O) groups excluding carboxylic acids is 1. The number of likely N-dealkylation sites (N-methyl/N-ethyl adjacent to an activating group) is 1. The van der Waals surface area contributed by atoms with Crippen molar-refractivity contribution >= 4 is 23.4 Å². The first-order valence-electron chi connectivity index (χ1n) is 5.88. The first kappa shape index (κ1) is 15.4. The highest BCUT2D eigenvalue weighted by Gasteiger charge is 2.18. The summed E-state index contributed by atoms with van der Waals surface area (Å²) in [6, 6.07) is 3.70. The van der Waals surface area contributed by atoms with E-state index in [1.165, 1.54) is 25.1 Å². The van der Waals surface area contributed by atoms with Crippen molar-refractivity contribution in [1.82, 2.24) is 4.90 Å². The summed E-state index contributed by atoms with van der Waals surface area (Å²) in [5.74, 6) is -1.13. The number of nitrogens with zero attached hydrogens (tertiary/aromatic N) is 2. The number of anilines is 1. The van der Waals surface area contributed by atoms with E-state index in [0.717, 1.165) is 4.90 Å². The molecule has 0 saturated heterocycles. The molecule has 0 unspecified atom stereocenters. The number of rotatable bonds is 5. The number of aliphatic carboxylic acids is 1.